The largest absolute Gasteiger partial charge is 0.360 e. The number of amides is 2. The van der Waals surface area contributed by atoms with Crippen LogP contribution in [0, 0.1) is 26.7 Å². The van der Waals surface area contributed by atoms with Crippen LogP contribution in [0.1, 0.15) is 41.2 Å². The van der Waals surface area contributed by atoms with E-state index in [2.05, 4.69) is 10.5 Å². The fourth-order valence-electron chi connectivity index (χ4n) is 3.84. The Bertz CT molecular complexity index is 1080. The molecule has 0 spiro atoms. The van der Waals surface area contributed by atoms with Crippen molar-refractivity contribution in [2.75, 3.05) is 26.2 Å². The van der Waals surface area contributed by atoms with Crippen molar-refractivity contribution >= 4 is 21.8 Å². The summed E-state index contributed by atoms with van der Waals surface area (Å²) in [5.74, 6) is -0.393. The van der Waals surface area contributed by atoms with Gasteiger partial charge < -0.3 is 14.7 Å². The van der Waals surface area contributed by atoms with Gasteiger partial charge in [0.2, 0.25) is 15.9 Å². The Labute approximate surface area is 188 Å². The van der Waals surface area contributed by atoms with Crippen molar-refractivity contribution < 1.29 is 22.5 Å². The summed E-state index contributed by atoms with van der Waals surface area (Å²) >= 11 is 0. The number of nitrogens with zero attached hydrogens (tertiary/aromatic N) is 3. The van der Waals surface area contributed by atoms with E-state index in [4.69, 9.17) is 4.52 Å². The predicted molar refractivity (Wildman–Crippen MR) is 119 cm³/mol. The molecule has 3 rings (SSSR count). The molecule has 1 N–H and O–H groups in total. The van der Waals surface area contributed by atoms with Crippen LogP contribution in [0.15, 0.2) is 33.7 Å². The molecular formula is C22H30N4O5S. The van der Waals surface area contributed by atoms with E-state index in [1.807, 2.05) is 26.8 Å². The van der Waals surface area contributed by atoms with Crippen molar-refractivity contribution in [2.45, 2.75) is 45.6 Å². The standard InChI is InChI=1S/C22H30N4O5S/c1-14(2)19(23-21(27)18-8-6-7-15(3)13-18)22(28)25-9-11-26(12-10-25)32(29,30)20-16(4)24-31-17(20)5/h6-8,13-14,19H,9-12H2,1-5H3,(H,23,27)/t19-/m0/s1. The molecule has 1 saturated heterocycles. The highest BCUT2D eigenvalue weighted by atomic mass is 32.2. The van der Waals surface area contributed by atoms with Gasteiger partial charge in [-0.1, -0.05) is 36.7 Å². The number of carbonyl (C=O) groups excluding carboxylic acids is 2. The molecule has 174 valence electrons. The molecule has 1 aliphatic heterocycles. The van der Waals surface area contributed by atoms with Gasteiger partial charge in [-0.05, 0) is 38.8 Å². The molecular weight excluding hydrogens is 432 g/mol. The molecule has 2 heterocycles. The van der Waals surface area contributed by atoms with E-state index in [-0.39, 0.29) is 54.6 Å². The number of hydrogen-bond donors (Lipinski definition) is 1. The monoisotopic (exact) mass is 462 g/mol. The van der Waals surface area contributed by atoms with Gasteiger partial charge in [-0.15, -0.1) is 0 Å². The van der Waals surface area contributed by atoms with Crippen LogP contribution in [-0.2, 0) is 14.8 Å². The maximum absolute atomic E-state index is 13.2. The number of carbonyl (C=O) groups is 2. The van der Waals surface area contributed by atoms with E-state index in [9.17, 15) is 18.0 Å². The highest BCUT2D eigenvalue weighted by Crippen LogP contribution is 2.24. The molecule has 0 saturated carbocycles. The quantitative estimate of drug-likeness (QED) is 0.701. The third kappa shape index (κ3) is 4.86. The first-order valence-corrected chi connectivity index (χ1v) is 12.1. The molecule has 0 aliphatic carbocycles. The minimum atomic E-state index is -3.76. The average Bonchev–Trinajstić information content (AvgIpc) is 3.10. The Hall–Kier alpha value is -2.72. The van der Waals surface area contributed by atoms with Gasteiger partial charge >= 0.3 is 0 Å². The fraction of sp³-hybridized carbons (Fsp3) is 0.500. The SMILES string of the molecule is Cc1cccc(C(=O)N[C@H](C(=O)N2CCN(S(=O)(=O)c3c(C)noc3C)CC2)C(C)C)c1. The zero-order chi connectivity index (χ0) is 23.6. The van der Waals surface area contributed by atoms with Gasteiger partial charge in [0.25, 0.3) is 5.91 Å². The number of hydrogen-bond acceptors (Lipinski definition) is 6. The van der Waals surface area contributed by atoms with Gasteiger partial charge in [0, 0.05) is 31.7 Å². The third-order valence-corrected chi connectivity index (χ3v) is 7.76. The number of piperazine rings is 1. The first-order chi connectivity index (χ1) is 15.0. The first-order valence-electron chi connectivity index (χ1n) is 10.6. The molecule has 1 aromatic carbocycles. The second-order valence-corrected chi connectivity index (χ2v) is 10.3. The van der Waals surface area contributed by atoms with Crippen molar-refractivity contribution in [1.29, 1.82) is 0 Å². The third-order valence-electron chi connectivity index (χ3n) is 5.62. The molecule has 9 nitrogen and oxygen atoms in total. The Morgan fingerprint density at radius 2 is 1.75 bits per heavy atom. The molecule has 2 amide bonds. The number of rotatable bonds is 6. The Balaban J connectivity index is 1.68. The summed E-state index contributed by atoms with van der Waals surface area (Å²) in [6.07, 6.45) is 0. The Morgan fingerprint density at radius 1 is 1.09 bits per heavy atom. The molecule has 0 unspecified atom stereocenters. The highest BCUT2D eigenvalue weighted by molar-refractivity contribution is 7.89. The molecule has 0 bridgehead atoms. The van der Waals surface area contributed by atoms with E-state index in [1.54, 1.807) is 36.9 Å². The lowest BCUT2D eigenvalue weighted by Crippen LogP contribution is -2.57. The van der Waals surface area contributed by atoms with Crippen molar-refractivity contribution in [3.63, 3.8) is 0 Å². The van der Waals surface area contributed by atoms with Gasteiger partial charge in [-0.3, -0.25) is 9.59 Å². The lowest BCUT2D eigenvalue weighted by atomic mass is 10.0. The second kappa shape index (κ2) is 9.41. The zero-order valence-corrected chi connectivity index (χ0v) is 19.9. The lowest BCUT2D eigenvalue weighted by molar-refractivity contribution is -0.135. The van der Waals surface area contributed by atoms with Crippen molar-refractivity contribution in [3.05, 3.63) is 46.8 Å². The number of aryl methyl sites for hydroxylation is 3. The summed E-state index contributed by atoms with van der Waals surface area (Å²) in [4.78, 5) is 27.6. The summed E-state index contributed by atoms with van der Waals surface area (Å²) in [6, 6.07) is 6.49. The Morgan fingerprint density at radius 3 is 2.28 bits per heavy atom. The molecule has 0 radical (unpaired) electrons. The molecule has 10 heteroatoms. The number of benzene rings is 1. The first kappa shape index (κ1) is 23.9. The smallest absolute Gasteiger partial charge is 0.251 e. The van der Waals surface area contributed by atoms with E-state index >= 15 is 0 Å². The van der Waals surface area contributed by atoms with Gasteiger partial charge in [0.1, 0.15) is 16.6 Å². The normalized spacial score (nSPS) is 16.2. The summed E-state index contributed by atoms with van der Waals surface area (Å²) in [5, 5.41) is 6.59. The van der Waals surface area contributed by atoms with Crippen molar-refractivity contribution in [2.24, 2.45) is 5.92 Å². The van der Waals surface area contributed by atoms with Gasteiger partial charge in [-0.2, -0.15) is 4.31 Å². The minimum absolute atomic E-state index is 0.0859. The molecule has 1 aliphatic rings. The summed E-state index contributed by atoms with van der Waals surface area (Å²) in [5.41, 5.74) is 1.78. The lowest BCUT2D eigenvalue weighted by Gasteiger charge is -2.36. The topological polar surface area (TPSA) is 113 Å². The van der Waals surface area contributed by atoms with Gasteiger partial charge in [0.05, 0.1) is 0 Å². The van der Waals surface area contributed by atoms with Crippen LogP contribution in [0.5, 0.6) is 0 Å². The maximum atomic E-state index is 13.2. The maximum Gasteiger partial charge on any atom is 0.251 e. The van der Waals surface area contributed by atoms with Gasteiger partial charge in [0.15, 0.2) is 5.76 Å². The van der Waals surface area contributed by atoms with E-state index in [0.717, 1.165) is 5.56 Å². The fourth-order valence-corrected chi connectivity index (χ4v) is 5.56. The van der Waals surface area contributed by atoms with Crippen molar-refractivity contribution in [1.82, 2.24) is 19.7 Å². The Kier molecular flexibility index (Phi) is 7.04. The number of sulfonamides is 1. The van der Waals surface area contributed by atoms with E-state index in [1.165, 1.54) is 4.31 Å². The molecule has 32 heavy (non-hydrogen) atoms. The van der Waals surface area contributed by atoms with Crippen LogP contribution >= 0.6 is 0 Å². The summed E-state index contributed by atoms with van der Waals surface area (Å²) in [6.45, 7) is 9.61. The van der Waals surface area contributed by atoms with Crippen LogP contribution in [0.2, 0.25) is 0 Å². The molecule has 1 aromatic heterocycles. The molecule has 1 fully saturated rings. The number of nitrogens with one attached hydrogen (secondary N) is 1. The van der Waals surface area contributed by atoms with Crippen LogP contribution in [-0.4, -0.2) is 66.8 Å². The zero-order valence-electron chi connectivity index (χ0n) is 19.1. The molecule has 2 aromatic rings. The average molecular weight is 463 g/mol. The summed E-state index contributed by atoms with van der Waals surface area (Å²) < 4.78 is 32.4. The van der Waals surface area contributed by atoms with Crippen molar-refractivity contribution in [3.8, 4) is 0 Å². The van der Waals surface area contributed by atoms with Crippen LogP contribution in [0.3, 0.4) is 0 Å². The molecule has 1 atom stereocenters. The summed E-state index contributed by atoms with van der Waals surface area (Å²) in [7, 11) is -3.76. The number of aromatic nitrogens is 1. The van der Waals surface area contributed by atoms with Crippen LogP contribution in [0.25, 0.3) is 0 Å². The van der Waals surface area contributed by atoms with Crippen LogP contribution < -0.4 is 5.32 Å². The van der Waals surface area contributed by atoms with Gasteiger partial charge in [-0.25, -0.2) is 8.42 Å². The van der Waals surface area contributed by atoms with E-state index in [0.29, 0.717) is 11.3 Å². The highest BCUT2D eigenvalue weighted by Gasteiger charge is 2.36. The predicted octanol–water partition coefficient (Wildman–Crippen LogP) is 1.89. The van der Waals surface area contributed by atoms with Crippen LogP contribution in [0.4, 0.5) is 0 Å². The van der Waals surface area contributed by atoms with E-state index < -0.39 is 16.1 Å². The minimum Gasteiger partial charge on any atom is -0.360 e. The second-order valence-electron chi connectivity index (χ2n) is 8.45.